The summed E-state index contributed by atoms with van der Waals surface area (Å²) in [5, 5.41) is 6.99. The fourth-order valence-electron chi connectivity index (χ4n) is 2.56. The summed E-state index contributed by atoms with van der Waals surface area (Å²) in [5.41, 5.74) is 3.08. The summed E-state index contributed by atoms with van der Waals surface area (Å²) in [6, 6.07) is 11.3. The maximum atomic E-state index is 12.1. The number of nitrogens with zero attached hydrogens (tertiary/aromatic N) is 2. The van der Waals surface area contributed by atoms with Gasteiger partial charge in [-0.3, -0.25) is 9.48 Å². The van der Waals surface area contributed by atoms with Crippen LogP contribution in [0.5, 0.6) is 5.75 Å². The van der Waals surface area contributed by atoms with E-state index in [0.29, 0.717) is 12.3 Å². The molecule has 0 saturated heterocycles. The zero-order valence-electron chi connectivity index (χ0n) is 14.6. The Bertz CT molecular complexity index is 859. The summed E-state index contributed by atoms with van der Waals surface area (Å²) < 4.78 is 13.0. The number of hydrogen-bond acceptors (Lipinski definition) is 4. The number of benzene rings is 1. The van der Waals surface area contributed by atoms with Gasteiger partial charge in [0.15, 0.2) is 5.76 Å². The second kappa shape index (κ2) is 7.25. The lowest BCUT2D eigenvalue weighted by Gasteiger charge is -2.06. The van der Waals surface area contributed by atoms with Crippen LogP contribution in [-0.4, -0.2) is 15.7 Å². The van der Waals surface area contributed by atoms with Gasteiger partial charge in [-0.2, -0.15) is 5.10 Å². The number of ether oxygens (including phenoxy) is 1. The highest BCUT2D eigenvalue weighted by Gasteiger charge is 2.12. The van der Waals surface area contributed by atoms with Crippen LogP contribution in [-0.2, 0) is 20.2 Å². The maximum absolute atomic E-state index is 12.1. The third-order valence-corrected chi connectivity index (χ3v) is 3.66. The highest BCUT2D eigenvalue weighted by atomic mass is 16.5. The normalized spacial score (nSPS) is 10.7. The fourth-order valence-corrected chi connectivity index (χ4v) is 2.56. The predicted octanol–water partition coefficient (Wildman–Crippen LogP) is 3.14. The molecule has 0 unspecified atom stereocenters. The fraction of sp³-hybridized carbons (Fsp3) is 0.263. The number of aryl methyl sites for hydroxylation is 3. The Morgan fingerprint density at radius 1 is 1.20 bits per heavy atom. The van der Waals surface area contributed by atoms with Crippen LogP contribution in [0.1, 0.15) is 33.1 Å². The Morgan fingerprint density at radius 3 is 2.64 bits per heavy atom. The molecule has 1 aromatic carbocycles. The molecule has 0 aliphatic carbocycles. The molecule has 0 radical (unpaired) electrons. The summed E-state index contributed by atoms with van der Waals surface area (Å²) in [4.78, 5) is 12.1. The average Bonchev–Trinajstić information content (AvgIpc) is 3.19. The zero-order valence-corrected chi connectivity index (χ0v) is 14.6. The third kappa shape index (κ3) is 4.50. The average molecular weight is 339 g/mol. The van der Waals surface area contributed by atoms with E-state index in [1.165, 1.54) is 0 Å². The van der Waals surface area contributed by atoms with E-state index in [1.54, 1.807) is 16.8 Å². The van der Waals surface area contributed by atoms with E-state index in [2.05, 4.69) is 16.5 Å². The lowest BCUT2D eigenvalue weighted by molar-refractivity contribution is 0.0918. The predicted molar refractivity (Wildman–Crippen MR) is 93.3 cm³/mol. The monoisotopic (exact) mass is 339 g/mol. The van der Waals surface area contributed by atoms with Gasteiger partial charge in [0, 0.05) is 13.2 Å². The number of carbonyl (C=O) groups is 1. The number of amides is 1. The SMILES string of the molecule is Cc1cc(C)cc(OCc2ccc(C(=O)NCc3ccn(C)n3)o2)c1. The first-order valence-electron chi connectivity index (χ1n) is 8.06. The molecule has 130 valence electrons. The maximum Gasteiger partial charge on any atom is 0.287 e. The highest BCUT2D eigenvalue weighted by molar-refractivity contribution is 5.91. The van der Waals surface area contributed by atoms with Crippen molar-refractivity contribution >= 4 is 5.91 Å². The van der Waals surface area contributed by atoms with Crippen molar-refractivity contribution in [2.45, 2.75) is 27.0 Å². The number of nitrogens with one attached hydrogen (secondary N) is 1. The van der Waals surface area contributed by atoms with Crippen molar-refractivity contribution in [1.82, 2.24) is 15.1 Å². The number of rotatable bonds is 6. The van der Waals surface area contributed by atoms with Crippen LogP contribution in [0.3, 0.4) is 0 Å². The van der Waals surface area contributed by atoms with E-state index < -0.39 is 0 Å². The molecule has 2 heterocycles. The van der Waals surface area contributed by atoms with Crippen molar-refractivity contribution in [2.24, 2.45) is 7.05 Å². The molecule has 2 aromatic heterocycles. The van der Waals surface area contributed by atoms with E-state index >= 15 is 0 Å². The van der Waals surface area contributed by atoms with Gasteiger partial charge in [0.1, 0.15) is 18.1 Å². The number of carbonyl (C=O) groups excluding carboxylic acids is 1. The van der Waals surface area contributed by atoms with Gasteiger partial charge in [-0.25, -0.2) is 0 Å². The Hall–Kier alpha value is -3.02. The van der Waals surface area contributed by atoms with Crippen LogP contribution < -0.4 is 10.1 Å². The van der Waals surface area contributed by atoms with E-state index in [-0.39, 0.29) is 18.3 Å². The first kappa shape index (κ1) is 16.8. The number of furan rings is 1. The van der Waals surface area contributed by atoms with Crippen LogP contribution in [0.15, 0.2) is 47.0 Å². The molecule has 25 heavy (non-hydrogen) atoms. The Labute approximate surface area is 146 Å². The first-order valence-corrected chi connectivity index (χ1v) is 8.06. The lowest BCUT2D eigenvalue weighted by atomic mass is 10.1. The minimum Gasteiger partial charge on any atom is -0.486 e. The molecule has 0 fully saturated rings. The van der Waals surface area contributed by atoms with Crippen molar-refractivity contribution in [1.29, 1.82) is 0 Å². The van der Waals surface area contributed by atoms with Gasteiger partial charge in [-0.05, 0) is 55.3 Å². The Morgan fingerprint density at radius 2 is 1.96 bits per heavy atom. The van der Waals surface area contributed by atoms with Crippen molar-refractivity contribution in [2.75, 3.05) is 0 Å². The van der Waals surface area contributed by atoms with Gasteiger partial charge < -0.3 is 14.5 Å². The minimum absolute atomic E-state index is 0.259. The van der Waals surface area contributed by atoms with Crippen LogP contribution in [0, 0.1) is 13.8 Å². The van der Waals surface area contributed by atoms with E-state index in [0.717, 1.165) is 22.6 Å². The molecule has 1 amide bonds. The molecule has 1 N–H and O–H groups in total. The molecule has 3 rings (SSSR count). The van der Waals surface area contributed by atoms with Gasteiger partial charge in [0.25, 0.3) is 5.91 Å². The standard InChI is InChI=1S/C19H21N3O3/c1-13-8-14(2)10-17(9-13)24-12-16-4-5-18(25-16)19(23)20-11-15-6-7-22(3)21-15/h4-10H,11-12H2,1-3H3,(H,20,23). The van der Waals surface area contributed by atoms with Gasteiger partial charge in [0.2, 0.25) is 0 Å². The van der Waals surface area contributed by atoms with E-state index in [4.69, 9.17) is 9.15 Å². The van der Waals surface area contributed by atoms with E-state index in [9.17, 15) is 4.79 Å². The molecule has 6 nitrogen and oxygen atoms in total. The minimum atomic E-state index is -0.275. The summed E-state index contributed by atoms with van der Waals surface area (Å²) in [7, 11) is 1.83. The quantitative estimate of drug-likeness (QED) is 0.749. The van der Waals surface area contributed by atoms with Crippen molar-refractivity contribution < 1.29 is 13.9 Å². The van der Waals surface area contributed by atoms with Crippen molar-refractivity contribution in [3.8, 4) is 5.75 Å². The first-order chi connectivity index (χ1) is 12.0. The molecule has 0 aliphatic rings. The van der Waals surface area contributed by atoms with Gasteiger partial charge in [-0.15, -0.1) is 0 Å². The van der Waals surface area contributed by atoms with Crippen molar-refractivity contribution in [3.05, 3.63) is 70.9 Å². The van der Waals surface area contributed by atoms with Crippen LogP contribution in [0.25, 0.3) is 0 Å². The van der Waals surface area contributed by atoms with Gasteiger partial charge >= 0.3 is 0 Å². The van der Waals surface area contributed by atoms with Crippen LogP contribution in [0.4, 0.5) is 0 Å². The Balaban J connectivity index is 1.55. The summed E-state index contributed by atoms with van der Waals surface area (Å²) in [6.07, 6.45) is 1.83. The van der Waals surface area contributed by atoms with Crippen LogP contribution >= 0.6 is 0 Å². The molecule has 0 saturated carbocycles. The topological polar surface area (TPSA) is 69.3 Å². The summed E-state index contributed by atoms with van der Waals surface area (Å²) in [6.45, 7) is 4.68. The molecular formula is C19H21N3O3. The second-order valence-electron chi connectivity index (χ2n) is 6.04. The molecule has 0 bridgehead atoms. The summed E-state index contributed by atoms with van der Waals surface area (Å²) >= 11 is 0. The van der Waals surface area contributed by atoms with E-state index in [1.807, 2.05) is 45.3 Å². The Kier molecular flexibility index (Phi) is 4.88. The lowest BCUT2D eigenvalue weighted by Crippen LogP contribution is -2.22. The highest BCUT2D eigenvalue weighted by Crippen LogP contribution is 2.18. The molecule has 0 spiro atoms. The molecule has 3 aromatic rings. The summed E-state index contributed by atoms with van der Waals surface area (Å²) in [5.74, 6) is 1.37. The van der Waals surface area contributed by atoms with Crippen molar-refractivity contribution in [3.63, 3.8) is 0 Å². The number of aromatic nitrogens is 2. The largest absolute Gasteiger partial charge is 0.486 e. The smallest absolute Gasteiger partial charge is 0.287 e. The van der Waals surface area contributed by atoms with Gasteiger partial charge in [-0.1, -0.05) is 6.07 Å². The molecular weight excluding hydrogens is 318 g/mol. The second-order valence-corrected chi connectivity index (χ2v) is 6.04. The third-order valence-electron chi connectivity index (χ3n) is 3.66. The molecule has 0 aliphatic heterocycles. The molecule has 6 heteroatoms. The molecule has 0 atom stereocenters. The van der Waals surface area contributed by atoms with Gasteiger partial charge in [0.05, 0.1) is 12.2 Å². The van der Waals surface area contributed by atoms with Crippen LogP contribution in [0.2, 0.25) is 0 Å². The zero-order chi connectivity index (χ0) is 17.8. The number of hydrogen-bond donors (Lipinski definition) is 1.